The van der Waals surface area contributed by atoms with Gasteiger partial charge >= 0.3 is 6.18 Å². The molecule has 0 spiro atoms. The lowest BCUT2D eigenvalue weighted by atomic mass is 10.1. The normalized spacial score (nSPS) is 12.4. The third kappa shape index (κ3) is 4.38. The van der Waals surface area contributed by atoms with E-state index in [4.69, 9.17) is 23.2 Å². The van der Waals surface area contributed by atoms with Crippen LogP contribution in [0.5, 0.6) is 0 Å². The summed E-state index contributed by atoms with van der Waals surface area (Å²) in [5.74, 6) is 0. The fraction of sp³-hybridized carbons (Fsp3) is 0.143. The molecule has 0 aliphatic rings. The van der Waals surface area contributed by atoms with Gasteiger partial charge in [0.05, 0.1) is 15.6 Å². The SMILES string of the molecule is O=S(=O)(NCc1ccc(C(F)(F)F)cc1)c1c(Cl)cccc1Cl. The minimum atomic E-state index is -4.44. The molecule has 2 aromatic carbocycles. The molecule has 2 rings (SSSR count). The van der Waals surface area contributed by atoms with E-state index in [9.17, 15) is 21.6 Å². The Labute approximate surface area is 141 Å². The van der Waals surface area contributed by atoms with Crippen LogP contribution in [-0.2, 0) is 22.7 Å². The van der Waals surface area contributed by atoms with E-state index >= 15 is 0 Å². The zero-order valence-electron chi connectivity index (χ0n) is 11.4. The minimum absolute atomic E-state index is 0.0441. The molecule has 0 bridgehead atoms. The highest BCUT2D eigenvalue weighted by atomic mass is 35.5. The Morgan fingerprint density at radius 1 is 0.957 bits per heavy atom. The number of halogens is 5. The summed E-state index contributed by atoms with van der Waals surface area (Å²) in [5.41, 5.74) is -0.442. The molecule has 0 aliphatic carbocycles. The van der Waals surface area contributed by atoms with Crippen molar-refractivity contribution in [2.75, 3.05) is 0 Å². The van der Waals surface area contributed by atoms with Gasteiger partial charge in [0.15, 0.2) is 0 Å². The first-order valence-corrected chi connectivity index (χ1v) is 8.45. The van der Waals surface area contributed by atoms with Crippen LogP contribution in [0.4, 0.5) is 13.2 Å². The third-order valence-corrected chi connectivity index (χ3v) is 5.29. The second-order valence-electron chi connectivity index (χ2n) is 4.57. The van der Waals surface area contributed by atoms with Crippen molar-refractivity contribution in [2.24, 2.45) is 0 Å². The molecular formula is C14H10Cl2F3NO2S. The second-order valence-corrected chi connectivity index (χ2v) is 7.09. The molecule has 1 N–H and O–H groups in total. The maximum Gasteiger partial charge on any atom is 0.416 e. The molecule has 0 aliphatic heterocycles. The van der Waals surface area contributed by atoms with Crippen molar-refractivity contribution in [2.45, 2.75) is 17.6 Å². The Morgan fingerprint density at radius 3 is 1.96 bits per heavy atom. The second kappa shape index (κ2) is 6.68. The monoisotopic (exact) mass is 383 g/mol. The summed E-state index contributed by atoms with van der Waals surface area (Å²) in [7, 11) is -3.99. The number of sulfonamides is 1. The van der Waals surface area contributed by atoms with Crippen LogP contribution in [-0.4, -0.2) is 8.42 Å². The van der Waals surface area contributed by atoms with E-state index in [1.54, 1.807) is 0 Å². The summed E-state index contributed by atoms with van der Waals surface area (Å²) >= 11 is 11.7. The summed E-state index contributed by atoms with van der Waals surface area (Å²) in [6.07, 6.45) is -4.44. The van der Waals surface area contributed by atoms with Gasteiger partial charge in [0.1, 0.15) is 4.90 Å². The van der Waals surface area contributed by atoms with Crippen LogP contribution in [0, 0.1) is 0 Å². The van der Waals surface area contributed by atoms with E-state index in [1.807, 2.05) is 0 Å². The first-order valence-electron chi connectivity index (χ1n) is 6.21. The molecule has 0 unspecified atom stereocenters. The molecule has 0 heterocycles. The molecule has 0 saturated carbocycles. The molecular weight excluding hydrogens is 374 g/mol. The highest BCUT2D eigenvalue weighted by Crippen LogP contribution is 2.30. The topological polar surface area (TPSA) is 46.2 Å². The van der Waals surface area contributed by atoms with Gasteiger partial charge in [0.25, 0.3) is 0 Å². The van der Waals surface area contributed by atoms with Crippen molar-refractivity contribution in [1.82, 2.24) is 4.72 Å². The van der Waals surface area contributed by atoms with E-state index in [0.717, 1.165) is 12.1 Å². The molecule has 0 fully saturated rings. The van der Waals surface area contributed by atoms with Gasteiger partial charge < -0.3 is 0 Å². The molecule has 0 aromatic heterocycles. The van der Waals surface area contributed by atoms with Crippen LogP contribution in [0.25, 0.3) is 0 Å². The Morgan fingerprint density at radius 2 is 1.48 bits per heavy atom. The molecule has 0 atom stereocenters. The standard InChI is InChI=1S/C14H10Cl2F3NO2S/c15-11-2-1-3-12(16)13(11)23(21,22)20-8-9-4-6-10(7-5-9)14(17,18)19/h1-7,20H,8H2. The van der Waals surface area contributed by atoms with E-state index in [1.165, 1.54) is 30.3 Å². The average molecular weight is 384 g/mol. The predicted octanol–water partition coefficient (Wildman–Crippen LogP) is 4.49. The van der Waals surface area contributed by atoms with Crippen molar-refractivity contribution in [3.05, 3.63) is 63.6 Å². The largest absolute Gasteiger partial charge is 0.416 e. The highest BCUT2D eigenvalue weighted by molar-refractivity contribution is 7.89. The predicted molar refractivity (Wildman–Crippen MR) is 81.9 cm³/mol. The van der Waals surface area contributed by atoms with Gasteiger partial charge in [-0.25, -0.2) is 13.1 Å². The molecule has 9 heteroatoms. The quantitative estimate of drug-likeness (QED) is 0.845. The van der Waals surface area contributed by atoms with Crippen LogP contribution < -0.4 is 4.72 Å². The molecule has 0 amide bonds. The fourth-order valence-electron chi connectivity index (χ4n) is 1.80. The molecule has 124 valence electrons. The highest BCUT2D eigenvalue weighted by Gasteiger charge is 2.30. The van der Waals surface area contributed by atoms with Crippen LogP contribution in [0.15, 0.2) is 47.4 Å². The zero-order chi connectivity index (χ0) is 17.3. The molecule has 0 radical (unpaired) electrons. The zero-order valence-corrected chi connectivity index (χ0v) is 13.7. The average Bonchev–Trinajstić information content (AvgIpc) is 2.44. The number of alkyl halides is 3. The Kier molecular flexibility index (Phi) is 5.25. The number of hydrogen-bond donors (Lipinski definition) is 1. The fourth-order valence-corrected chi connectivity index (χ4v) is 3.96. The lowest BCUT2D eigenvalue weighted by Crippen LogP contribution is -2.24. The Bertz CT molecular complexity index is 786. The van der Waals surface area contributed by atoms with Gasteiger partial charge in [-0.05, 0) is 29.8 Å². The van der Waals surface area contributed by atoms with Gasteiger partial charge in [0.2, 0.25) is 10.0 Å². The smallest absolute Gasteiger partial charge is 0.207 e. The number of nitrogens with one attached hydrogen (secondary N) is 1. The molecule has 3 nitrogen and oxygen atoms in total. The van der Waals surface area contributed by atoms with Crippen LogP contribution >= 0.6 is 23.2 Å². The van der Waals surface area contributed by atoms with Crippen molar-refractivity contribution in [1.29, 1.82) is 0 Å². The van der Waals surface area contributed by atoms with Gasteiger partial charge in [-0.15, -0.1) is 0 Å². The number of hydrogen-bond acceptors (Lipinski definition) is 2. The maximum absolute atomic E-state index is 12.5. The van der Waals surface area contributed by atoms with E-state index < -0.39 is 21.8 Å². The van der Waals surface area contributed by atoms with E-state index in [-0.39, 0.29) is 21.5 Å². The maximum atomic E-state index is 12.5. The summed E-state index contributed by atoms with van der Waals surface area (Å²) in [4.78, 5) is -0.268. The minimum Gasteiger partial charge on any atom is -0.207 e. The summed E-state index contributed by atoms with van der Waals surface area (Å²) in [6, 6.07) is 8.40. The lowest BCUT2D eigenvalue weighted by Gasteiger charge is -2.11. The van der Waals surface area contributed by atoms with Crippen LogP contribution in [0.3, 0.4) is 0 Å². The van der Waals surface area contributed by atoms with Crippen molar-refractivity contribution in [3.63, 3.8) is 0 Å². The van der Waals surface area contributed by atoms with Crippen molar-refractivity contribution < 1.29 is 21.6 Å². The Balaban J connectivity index is 2.17. The lowest BCUT2D eigenvalue weighted by molar-refractivity contribution is -0.137. The van der Waals surface area contributed by atoms with Gasteiger partial charge in [-0.2, -0.15) is 13.2 Å². The number of benzene rings is 2. The first kappa shape index (κ1) is 18.1. The molecule has 2 aromatic rings. The molecule has 23 heavy (non-hydrogen) atoms. The first-order chi connectivity index (χ1) is 10.6. The van der Waals surface area contributed by atoms with Crippen molar-refractivity contribution in [3.8, 4) is 0 Å². The number of rotatable bonds is 4. The molecule has 0 saturated heterocycles. The summed E-state index contributed by atoms with van der Waals surface area (Å²) < 4.78 is 64.1. The van der Waals surface area contributed by atoms with Gasteiger partial charge in [0, 0.05) is 6.54 Å². The van der Waals surface area contributed by atoms with Gasteiger partial charge in [-0.3, -0.25) is 0 Å². The van der Waals surface area contributed by atoms with Crippen molar-refractivity contribution >= 4 is 33.2 Å². The Hall–Kier alpha value is -1.28. The summed E-state index contributed by atoms with van der Waals surface area (Å²) in [6.45, 7) is -0.192. The third-order valence-electron chi connectivity index (χ3n) is 2.94. The van der Waals surface area contributed by atoms with Crippen LogP contribution in [0.1, 0.15) is 11.1 Å². The van der Waals surface area contributed by atoms with Crippen LogP contribution in [0.2, 0.25) is 10.0 Å². The summed E-state index contributed by atoms with van der Waals surface area (Å²) in [5, 5.41) is -0.0881. The van der Waals surface area contributed by atoms with Gasteiger partial charge in [-0.1, -0.05) is 41.4 Å². The van der Waals surface area contributed by atoms with E-state index in [0.29, 0.717) is 5.56 Å². The van der Waals surface area contributed by atoms with E-state index in [2.05, 4.69) is 4.72 Å².